The number of aromatic nitrogens is 3. The number of nitrogen functional groups attached to an aromatic ring is 1. The lowest BCUT2D eigenvalue weighted by atomic mass is 10.3. The second-order valence-electron chi connectivity index (χ2n) is 3.66. The van der Waals surface area contributed by atoms with Crippen molar-refractivity contribution in [3.63, 3.8) is 0 Å². The number of benzene rings is 1. The highest BCUT2D eigenvalue weighted by Gasteiger charge is 2.13. The third kappa shape index (κ3) is 2.70. The predicted molar refractivity (Wildman–Crippen MR) is 71.7 cm³/mol. The second-order valence-corrected chi connectivity index (χ2v) is 5.52. The first kappa shape index (κ1) is 13.0. The van der Waals surface area contributed by atoms with Gasteiger partial charge in [0.25, 0.3) is 0 Å². The van der Waals surface area contributed by atoms with Crippen LogP contribution in [0.2, 0.25) is 5.02 Å². The van der Waals surface area contributed by atoms with Crippen molar-refractivity contribution >= 4 is 28.1 Å². The summed E-state index contributed by atoms with van der Waals surface area (Å²) in [7, 11) is -1.28. The van der Waals surface area contributed by atoms with Gasteiger partial charge in [0.2, 0.25) is 0 Å². The zero-order valence-corrected chi connectivity index (χ0v) is 11.4. The van der Waals surface area contributed by atoms with Gasteiger partial charge in [0.1, 0.15) is 12.2 Å². The summed E-state index contributed by atoms with van der Waals surface area (Å²) in [6, 6.07) is 4.95. The molecule has 0 aliphatic heterocycles. The van der Waals surface area contributed by atoms with Gasteiger partial charge in [0.05, 0.1) is 21.4 Å². The van der Waals surface area contributed by atoms with Gasteiger partial charge in [-0.1, -0.05) is 11.6 Å². The van der Waals surface area contributed by atoms with Crippen LogP contribution in [0.5, 0.6) is 0 Å². The Bertz CT molecular complexity index is 584. The molecule has 2 N–H and O–H groups in total. The minimum Gasteiger partial charge on any atom is -0.398 e. The van der Waals surface area contributed by atoms with Crippen molar-refractivity contribution in [2.24, 2.45) is 0 Å². The molecule has 1 heterocycles. The second kappa shape index (κ2) is 5.49. The summed E-state index contributed by atoms with van der Waals surface area (Å²) >= 11 is 5.88. The van der Waals surface area contributed by atoms with Gasteiger partial charge in [-0.25, -0.2) is 9.67 Å². The fraction of sp³-hybridized carbons (Fsp3) is 0.273. The number of hydrogen-bond acceptors (Lipinski definition) is 4. The van der Waals surface area contributed by atoms with Gasteiger partial charge in [0.15, 0.2) is 0 Å². The third-order valence-corrected chi connectivity index (χ3v) is 4.08. The van der Waals surface area contributed by atoms with Crippen molar-refractivity contribution in [2.75, 3.05) is 5.73 Å². The number of anilines is 1. The van der Waals surface area contributed by atoms with Crippen molar-refractivity contribution < 1.29 is 4.21 Å². The predicted octanol–water partition coefficient (Wildman–Crippen LogP) is 1.84. The van der Waals surface area contributed by atoms with Gasteiger partial charge in [-0.3, -0.25) is 4.21 Å². The van der Waals surface area contributed by atoms with Crippen LogP contribution >= 0.6 is 11.6 Å². The third-order valence-electron chi connectivity index (χ3n) is 2.48. The SMILES string of the molecule is CCn1ncnc1CS(=O)c1cc(Cl)ccc1N. The smallest absolute Gasteiger partial charge is 0.139 e. The molecule has 0 aliphatic rings. The first-order valence-electron chi connectivity index (χ1n) is 5.42. The molecule has 7 heteroatoms. The molecule has 5 nitrogen and oxygen atoms in total. The molecule has 0 radical (unpaired) electrons. The Morgan fingerprint density at radius 1 is 1.50 bits per heavy atom. The number of halogens is 1. The number of nitrogens with zero attached hydrogens (tertiary/aromatic N) is 3. The van der Waals surface area contributed by atoms with Gasteiger partial charge in [-0.2, -0.15) is 5.10 Å². The molecule has 96 valence electrons. The highest BCUT2D eigenvalue weighted by Crippen LogP contribution is 2.22. The maximum atomic E-state index is 12.2. The lowest BCUT2D eigenvalue weighted by molar-refractivity contribution is 0.627. The molecule has 2 aromatic rings. The molecule has 0 aliphatic carbocycles. The van der Waals surface area contributed by atoms with Gasteiger partial charge in [-0.15, -0.1) is 0 Å². The highest BCUT2D eigenvalue weighted by molar-refractivity contribution is 7.84. The monoisotopic (exact) mass is 284 g/mol. The Balaban J connectivity index is 2.25. The molecule has 0 saturated carbocycles. The largest absolute Gasteiger partial charge is 0.398 e. The molecule has 2 rings (SSSR count). The van der Waals surface area contributed by atoms with Crippen LogP contribution in [0.3, 0.4) is 0 Å². The average molecular weight is 285 g/mol. The first-order valence-corrected chi connectivity index (χ1v) is 7.11. The molecule has 18 heavy (non-hydrogen) atoms. The van der Waals surface area contributed by atoms with Crippen LogP contribution < -0.4 is 5.73 Å². The molecule has 0 bridgehead atoms. The Labute approximate surface area is 112 Å². The Hall–Kier alpha value is -1.40. The normalized spacial score (nSPS) is 12.6. The maximum Gasteiger partial charge on any atom is 0.139 e. The van der Waals surface area contributed by atoms with Gasteiger partial charge in [-0.05, 0) is 25.1 Å². The number of rotatable bonds is 4. The van der Waals surface area contributed by atoms with E-state index >= 15 is 0 Å². The summed E-state index contributed by atoms with van der Waals surface area (Å²) in [6.45, 7) is 2.65. The van der Waals surface area contributed by atoms with Gasteiger partial charge < -0.3 is 5.73 Å². The molecule has 1 aromatic heterocycles. The van der Waals surface area contributed by atoms with Crippen molar-refractivity contribution in [3.05, 3.63) is 35.4 Å². The van der Waals surface area contributed by atoms with Crippen LogP contribution in [0, 0.1) is 0 Å². The lowest BCUT2D eigenvalue weighted by Crippen LogP contribution is -2.08. The van der Waals surface area contributed by atoms with Crippen molar-refractivity contribution in [1.82, 2.24) is 14.8 Å². The number of hydrogen-bond donors (Lipinski definition) is 1. The molecule has 0 spiro atoms. The van der Waals surface area contributed by atoms with Crippen LogP contribution in [-0.4, -0.2) is 19.0 Å². The summed E-state index contributed by atoms with van der Waals surface area (Å²) in [5.74, 6) is 0.952. The average Bonchev–Trinajstić information content (AvgIpc) is 2.79. The molecule has 1 aromatic carbocycles. The first-order chi connectivity index (χ1) is 8.61. The van der Waals surface area contributed by atoms with E-state index in [2.05, 4.69) is 10.1 Å². The van der Waals surface area contributed by atoms with E-state index in [4.69, 9.17) is 17.3 Å². The van der Waals surface area contributed by atoms with E-state index in [1.54, 1.807) is 22.9 Å². The maximum absolute atomic E-state index is 12.2. The molecule has 0 fully saturated rings. The van der Waals surface area contributed by atoms with Crippen molar-refractivity contribution in [2.45, 2.75) is 24.1 Å². The Morgan fingerprint density at radius 2 is 2.28 bits per heavy atom. The minimum atomic E-state index is -1.28. The summed E-state index contributed by atoms with van der Waals surface area (Å²) < 4.78 is 14.0. The molecular formula is C11H13ClN4OS. The molecule has 0 saturated heterocycles. The van der Waals surface area contributed by atoms with Crippen molar-refractivity contribution in [3.8, 4) is 0 Å². The fourth-order valence-corrected chi connectivity index (χ4v) is 3.00. The van der Waals surface area contributed by atoms with E-state index in [1.807, 2.05) is 6.92 Å². The summed E-state index contributed by atoms with van der Waals surface area (Å²) in [5.41, 5.74) is 6.27. The standard InChI is InChI=1S/C11H13ClN4OS/c1-2-16-11(14-7-15-16)6-18(17)10-5-8(12)3-4-9(10)13/h3-5,7H,2,6,13H2,1H3. The van der Waals surface area contributed by atoms with Gasteiger partial charge in [0, 0.05) is 17.3 Å². The highest BCUT2D eigenvalue weighted by atomic mass is 35.5. The summed E-state index contributed by atoms with van der Waals surface area (Å²) in [4.78, 5) is 4.62. The fourth-order valence-electron chi connectivity index (χ4n) is 1.56. The van der Waals surface area contributed by atoms with Crippen LogP contribution in [0.15, 0.2) is 29.4 Å². The number of aryl methyl sites for hydroxylation is 1. The van der Waals surface area contributed by atoms with Crippen LogP contribution in [0.4, 0.5) is 5.69 Å². The van der Waals surface area contributed by atoms with Crippen LogP contribution in [-0.2, 0) is 23.1 Å². The zero-order valence-electron chi connectivity index (χ0n) is 9.84. The van der Waals surface area contributed by atoms with Crippen LogP contribution in [0.25, 0.3) is 0 Å². The van der Waals surface area contributed by atoms with Crippen LogP contribution in [0.1, 0.15) is 12.7 Å². The summed E-state index contributed by atoms with van der Waals surface area (Å²) in [6.07, 6.45) is 1.46. The topological polar surface area (TPSA) is 73.8 Å². The van der Waals surface area contributed by atoms with E-state index in [-0.39, 0.29) is 5.75 Å². The van der Waals surface area contributed by atoms with Gasteiger partial charge >= 0.3 is 0 Å². The Kier molecular flexibility index (Phi) is 3.98. The molecular weight excluding hydrogens is 272 g/mol. The van der Waals surface area contributed by atoms with E-state index in [0.29, 0.717) is 28.0 Å². The minimum absolute atomic E-state index is 0.276. The molecule has 1 unspecified atom stereocenters. The number of nitrogens with two attached hydrogens (primary N) is 1. The zero-order chi connectivity index (χ0) is 13.1. The van der Waals surface area contributed by atoms with E-state index < -0.39 is 10.8 Å². The lowest BCUT2D eigenvalue weighted by Gasteiger charge is -2.06. The van der Waals surface area contributed by atoms with E-state index in [1.165, 1.54) is 6.33 Å². The molecule has 0 amide bonds. The summed E-state index contributed by atoms with van der Waals surface area (Å²) in [5, 5.41) is 4.55. The quantitative estimate of drug-likeness (QED) is 0.870. The Morgan fingerprint density at radius 3 is 3.00 bits per heavy atom. The van der Waals surface area contributed by atoms with Crippen molar-refractivity contribution in [1.29, 1.82) is 0 Å². The van der Waals surface area contributed by atoms with E-state index in [9.17, 15) is 4.21 Å². The van der Waals surface area contributed by atoms with E-state index in [0.717, 1.165) is 0 Å². The molecule has 1 atom stereocenters.